The van der Waals surface area contributed by atoms with Gasteiger partial charge in [-0.3, -0.25) is 9.88 Å². The Morgan fingerprint density at radius 2 is 1.68 bits per heavy atom. The fourth-order valence-corrected chi connectivity index (χ4v) is 5.28. The molecule has 0 unspecified atom stereocenters. The zero-order valence-corrected chi connectivity index (χ0v) is 22.2. The molecule has 5 rings (SSSR count). The Hall–Kier alpha value is -3.04. The summed E-state index contributed by atoms with van der Waals surface area (Å²) in [4.78, 5) is 16.1. The molecule has 9 heteroatoms. The van der Waals surface area contributed by atoms with Crippen molar-refractivity contribution in [3.05, 3.63) is 47.8 Å². The van der Waals surface area contributed by atoms with E-state index in [1.165, 1.54) is 6.07 Å². The molecule has 0 amide bonds. The van der Waals surface area contributed by atoms with E-state index in [-0.39, 0.29) is 10.8 Å². The number of hydrogen-bond donors (Lipinski definition) is 1. The lowest BCUT2D eigenvalue weighted by atomic mass is 9.96. The number of fused-ring (bicyclic) bond motifs is 1. The summed E-state index contributed by atoms with van der Waals surface area (Å²) in [6.45, 7) is 16.1. The van der Waals surface area contributed by atoms with E-state index >= 15 is 4.39 Å². The molecule has 1 N–H and O–H groups in total. The third-order valence-electron chi connectivity index (χ3n) is 6.96. The maximum atomic E-state index is 15.2. The highest BCUT2D eigenvalue weighted by atomic mass is 19.1. The average Bonchev–Trinajstić information content (AvgIpc) is 2.86. The summed E-state index contributed by atoms with van der Waals surface area (Å²) < 4.78 is 34.9. The van der Waals surface area contributed by atoms with Crippen LogP contribution < -0.4 is 15.1 Å². The Bertz CT molecular complexity index is 1260. The van der Waals surface area contributed by atoms with Gasteiger partial charge in [0.15, 0.2) is 0 Å². The first-order valence-corrected chi connectivity index (χ1v) is 13.0. The van der Waals surface area contributed by atoms with Crippen LogP contribution >= 0.6 is 0 Å². The van der Waals surface area contributed by atoms with Gasteiger partial charge in [0.1, 0.15) is 17.5 Å². The molecule has 2 aromatic heterocycles. The van der Waals surface area contributed by atoms with E-state index in [9.17, 15) is 4.39 Å². The second-order valence-electron chi connectivity index (χ2n) is 11.2. The molecule has 0 aliphatic carbocycles. The number of aromatic nitrogens is 2. The molecule has 2 fully saturated rings. The van der Waals surface area contributed by atoms with Gasteiger partial charge >= 0.3 is 0 Å². The number of hydrogen-bond acceptors (Lipinski definition) is 7. The molecule has 2 aliphatic rings. The van der Waals surface area contributed by atoms with Gasteiger partial charge in [0.25, 0.3) is 0 Å². The molecule has 0 saturated carbocycles. The number of nitrogens with zero attached hydrogens (tertiary/aromatic N) is 5. The minimum atomic E-state index is -0.635. The van der Waals surface area contributed by atoms with E-state index in [1.807, 2.05) is 19.2 Å². The van der Waals surface area contributed by atoms with Crippen LogP contribution in [-0.2, 0) is 4.74 Å². The Balaban J connectivity index is 1.49. The first-order valence-electron chi connectivity index (χ1n) is 13.0. The van der Waals surface area contributed by atoms with E-state index in [1.54, 1.807) is 6.20 Å². The molecule has 37 heavy (non-hydrogen) atoms. The van der Waals surface area contributed by atoms with Crippen molar-refractivity contribution in [3.63, 3.8) is 0 Å². The second-order valence-corrected chi connectivity index (χ2v) is 11.2. The summed E-state index contributed by atoms with van der Waals surface area (Å²) in [6, 6.07) is 4.24. The largest absolute Gasteiger partial charge is 0.378 e. The number of rotatable bonds is 5. The summed E-state index contributed by atoms with van der Waals surface area (Å²) in [5.41, 5.74) is 3.68. The van der Waals surface area contributed by atoms with Crippen LogP contribution in [0.1, 0.15) is 26.3 Å². The Labute approximate surface area is 217 Å². The highest BCUT2D eigenvalue weighted by molar-refractivity contribution is 5.97. The molecule has 198 valence electrons. The quantitative estimate of drug-likeness (QED) is 0.520. The zero-order valence-electron chi connectivity index (χ0n) is 22.2. The van der Waals surface area contributed by atoms with Crippen LogP contribution in [0.25, 0.3) is 10.9 Å². The van der Waals surface area contributed by atoms with Crippen LogP contribution in [0, 0.1) is 24.0 Å². The Kier molecular flexibility index (Phi) is 7.18. The standard InChI is InChI=1S/C28H36F2N6O/c1-19-26(32-21-15-22(17-31-16-21)35-9-11-37-12-10-35)25-23(30)13-20(29)14-24(25)33-27(19)36-7-5-34(6-8-36)18-28(2,3)4/h13-17H,5-12,18H2,1-4H3,(H,32,33). The van der Waals surface area contributed by atoms with Crippen LogP contribution in [0.4, 0.5) is 31.7 Å². The SMILES string of the molecule is Cc1c(N2CCN(CC(C)(C)C)CC2)nc2cc(F)cc(F)c2c1Nc1cncc(N2CCOCC2)c1. The number of nitrogens with one attached hydrogen (secondary N) is 1. The normalized spacial score (nSPS) is 17.5. The van der Waals surface area contributed by atoms with Gasteiger partial charge in [-0.15, -0.1) is 0 Å². The van der Waals surface area contributed by atoms with E-state index in [2.05, 4.69) is 45.8 Å². The molecular weight excluding hydrogens is 474 g/mol. The minimum Gasteiger partial charge on any atom is -0.378 e. The van der Waals surface area contributed by atoms with Gasteiger partial charge in [-0.2, -0.15) is 0 Å². The van der Waals surface area contributed by atoms with Crippen LogP contribution in [0.3, 0.4) is 0 Å². The van der Waals surface area contributed by atoms with Gasteiger partial charge in [0.05, 0.1) is 53.6 Å². The summed E-state index contributed by atoms with van der Waals surface area (Å²) in [5, 5.41) is 3.70. The van der Waals surface area contributed by atoms with Crippen LogP contribution in [0.2, 0.25) is 0 Å². The number of piperazine rings is 1. The van der Waals surface area contributed by atoms with E-state index in [0.29, 0.717) is 24.4 Å². The number of halogens is 2. The predicted molar refractivity (Wildman–Crippen MR) is 145 cm³/mol. The van der Waals surface area contributed by atoms with Crippen molar-refractivity contribution < 1.29 is 13.5 Å². The van der Waals surface area contributed by atoms with Gasteiger partial charge in [-0.05, 0) is 18.4 Å². The molecule has 1 aromatic carbocycles. The van der Waals surface area contributed by atoms with Gasteiger partial charge < -0.3 is 19.9 Å². The molecule has 2 saturated heterocycles. The van der Waals surface area contributed by atoms with Crippen molar-refractivity contribution in [3.8, 4) is 0 Å². The molecule has 0 atom stereocenters. The molecule has 4 heterocycles. The molecule has 0 bridgehead atoms. The number of ether oxygens (including phenoxy) is 1. The zero-order chi connectivity index (χ0) is 26.2. The number of morpholine rings is 1. The molecule has 7 nitrogen and oxygen atoms in total. The van der Waals surface area contributed by atoms with Gasteiger partial charge in [-0.1, -0.05) is 20.8 Å². The third-order valence-corrected chi connectivity index (χ3v) is 6.96. The summed E-state index contributed by atoms with van der Waals surface area (Å²) in [6.07, 6.45) is 3.55. The van der Waals surface area contributed by atoms with Crippen molar-refractivity contribution in [2.45, 2.75) is 27.7 Å². The third kappa shape index (κ3) is 5.78. The fraction of sp³-hybridized carbons (Fsp3) is 0.500. The van der Waals surface area contributed by atoms with Crippen molar-refractivity contribution in [2.75, 3.05) is 74.1 Å². The fourth-order valence-electron chi connectivity index (χ4n) is 5.28. The van der Waals surface area contributed by atoms with Crippen molar-refractivity contribution in [2.24, 2.45) is 5.41 Å². The lowest BCUT2D eigenvalue weighted by Crippen LogP contribution is -2.49. The van der Waals surface area contributed by atoms with Crippen LogP contribution in [0.15, 0.2) is 30.6 Å². The topological polar surface area (TPSA) is 56.8 Å². The number of pyridine rings is 2. The molecule has 2 aliphatic heterocycles. The first kappa shape index (κ1) is 25.6. The summed E-state index contributed by atoms with van der Waals surface area (Å²) in [7, 11) is 0. The average molecular weight is 511 g/mol. The maximum Gasteiger partial charge on any atom is 0.137 e. The van der Waals surface area contributed by atoms with Gasteiger partial charge in [0.2, 0.25) is 0 Å². The lowest BCUT2D eigenvalue weighted by molar-refractivity contribution is 0.122. The maximum absolute atomic E-state index is 15.2. The smallest absolute Gasteiger partial charge is 0.137 e. The second kappa shape index (κ2) is 10.4. The summed E-state index contributed by atoms with van der Waals surface area (Å²) in [5.74, 6) is -0.510. The van der Waals surface area contributed by atoms with Crippen molar-refractivity contribution in [1.29, 1.82) is 0 Å². The Morgan fingerprint density at radius 1 is 0.946 bits per heavy atom. The Morgan fingerprint density at radius 3 is 2.38 bits per heavy atom. The molecular formula is C28H36F2N6O. The van der Waals surface area contributed by atoms with E-state index < -0.39 is 11.6 Å². The predicted octanol–water partition coefficient (Wildman–Crippen LogP) is 4.96. The van der Waals surface area contributed by atoms with Gasteiger partial charge in [0, 0.05) is 63.5 Å². The highest BCUT2D eigenvalue weighted by Gasteiger charge is 2.26. The van der Waals surface area contributed by atoms with Crippen molar-refractivity contribution in [1.82, 2.24) is 14.9 Å². The van der Waals surface area contributed by atoms with Crippen LogP contribution in [0.5, 0.6) is 0 Å². The highest BCUT2D eigenvalue weighted by Crippen LogP contribution is 2.37. The van der Waals surface area contributed by atoms with Gasteiger partial charge in [-0.25, -0.2) is 13.8 Å². The molecule has 0 spiro atoms. The summed E-state index contributed by atoms with van der Waals surface area (Å²) >= 11 is 0. The lowest BCUT2D eigenvalue weighted by Gasteiger charge is -2.39. The number of anilines is 4. The molecule has 0 radical (unpaired) electrons. The molecule has 3 aromatic rings. The van der Waals surface area contributed by atoms with Crippen LogP contribution in [-0.4, -0.2) is 73.9 Å². The number of benzene rings is 1. The minimum absolute atomic E-state index is 0.231. The van der Waals surface area contributed by atoms with Crippen molar-refractivity contribution >= 4 is 33.8 Å². The first-order chi connectivity index (χ1) is 17.7. The monoisotopic (exact) mass is 510 g/mol. The van der Waals surface area contributed by atoms with E-state index in [0.717, 1.165) is 74.6 Å². The van der Waals surface area contributed by atoms with E-state index in [4.69, 9.17) is 9.72 Å².